The lowest BCUT2D eigenvalue weighted by molar-refractivity contribution is -0.354. The normalized spacial score (nSPS) is 10.9. The van der Waals surface area contributed by atoms with E-state index in [-0.39, 0.29) is 0 Å². The zero-order chi connectivity index (χ0) is 12.1. The summed E-state index contributed by atoms with van der Waals surface area (Å²) < 4.78 is 0.788. The molecule has 0 aliphatic heterocycles. The minimum absolute atomic E-state index is 0.507. The molecule has 0 N–H and O–H groups in total. The summed E-state index contributed by atoms with van der Waals surface area (Å²) in [6.07, 6.45) is 1.50. The summed E-state index contributed by atoms with van der Waals surface area (Å²) in [7, 11) is 0. The van der Waals surface area contributed by atoms with Crippen LogP contribution >= 0.6 is 0 Å². The van der Waals surface area contributed by atoms with Crippen molar-refractivity contribution >= 4 is 11.9 Å². The van der Waals surface area contributed by atoms with Gasteiger partial charge in [-0.3, -0.25) is 0 Å². The maximum Gasteiger partial charge on any atom is 0.216 e. The molecular weight excluding hydrogens is 212 g/mol. The van der Waals surface area contributed by atoms with E-state index in [1.165, 1.54) is 6.21 Å². The molecule has 0 spiro atoms. The average molecular weight is 222 g/mol. The average Bonchev–Trinajstić information content (AvgIpc) is 2.40. The summed E-state index contributed by atoms with van der Waals surface area (Å²) in [6.45, 7) is 0. The van der Waals surface area contributed by atoms with E-state index in [2.05, 4.69) is 0 Å². The van der Waals surface area contributed by atoms with Gasteiger partial charge < -0.3 is 5.21 Å². The van der Waals surface area contributed by atoms with Crippen molar-refractivity contribution in [2.24, 2.45) is 0 Å². The van der Waals surface area contributed by atoms with Crippen LogP contribution in [0, 0.1) is 16.5 Å². The first-order chi connectivity index (χ1) is 8.29. The first-order valence-electron chi connectivity index (χ1n) is 5.16. The molecular formula is C14H10N2O. The molecule has 0 aliphatic rings. The van der Waals surface area contributed by atoms with Crippen molar-refractivity contribution in [3.63, 3.8) is 0 Å². The van der Waals surface area contributed by atoms with E-state index in [9.17, 15) is 5.21 Å². The smallest absolute Gasteiger partial charge is 0.216 e. The Morgan fingerprint density at radius 1 is 1.00 bits per heavy atom. The second-order valence-corrected chi connectivity index (χ2v) is 3.52. The van der Waals surface area contributed by atoms with Gasteiger partial charge in [-0.05, 0) is 24.3 Å². The van der Waals surface area contributed by atoms with Crippen LogP contribution < -0.4 is 0 Å². The van der Waals surface area contributed by atoms with Gasteiger partial charge in [0.2, 0.25) is 5.69 Å². The first-order valence-corrected chi connectivity index (χ1v) is 5.16. The second kappa shape index (κ2) is 4.95. The highest BCUT2D eigenvalue weighted by atomic mass is 16.5. The SMILES string of the molecule is N#Cc1ccc(/[N+]([O-])=C/c2ccccc2)cc1. The lowest BCUT2D eigenvalue weighted by Gasteiger charge is -2.02. The molecule has 0 bridgehead atoms. The summed E-state index contributed by atoms with van der Waals surface area (Å²) >= 11 is 0. The summed E-state index contributed by atoms with van der Waals surface area (Å²) in [5, 5.41) is 20.4. The van der Waals surface area contributed by atoms with Gasteiger partial charge in [0.05, 0.1) is 11.6 Å². The maximum absolute atomic E-state index is 11.8. The molecule has 17 heavy (non-hydrogen) atoms. The number of rotatable bonds is 2. The predicted octanol–water partition coefficient (Wildman–Crippen LogP) is 2.82. The van der Waals surface area contributed by atoms with Gasteiger partial charge in [-0.15, -0.1) is 0 Å². The van der Waals surface area contributed by atoms with E-state index >= 15 is 0 Å². The fourth-order valence-electron chi connectivity index (χ4n) is 1.43. The van der Waals surface area contributed by atoms with Crippen LogP contribution in [0.25, 0.3) is 0 Å². The molecule has 2 aromatic rings. The highest BCUT2D eigenvalue weighted by Gasteiger charge is 2.01. The standard InChI is InChI=1S/C14H10N2O/c15-10-12-6-8-14(9-7-12)16(17)11-13-4-2-1-3-5-13/h1-9,11H/b16-11-. The quantitative estimate of drug-likeness (QED) is 0.339. The number of benzene rings is 2. The second-order valence-electron chi connectivity index (χ2n) is 3.52. The third-order valence-electron chi connectivity index (χ3n) is 2.32. The van der Waals surface area contributed by atoms with Crippen molar-refractivity contribution in [2.75, 3.05) is 0 Å². The molecule has 0 saturated heterocycles. The van der Waals surface area contributed by atoms with Crippen molar-refractivity contribution in [2.45, 2.75) is 0 Å². The maximum atomic E-state index is 11.8. The van der Waals surface area contributed by atoms with Crippen LogP contribution in [0.2, 0.25) is 0 Å². The molecule has 0 aromatic heterocycles. The van der Waals surface area contributed by atoms with Gasteiger partial charge in [-0.1, -0.05) is 18.2 Å². The van der Waals surface area contributed by atoms with E-state index in [4.69, 9.17) is 5.26 Å². The fraction of sp³-hybridized carbons (Fsp3) is 0. The van der Waals surface area contributed by atoms with Gasteiger partial charge >= 0.3 is 0 Å². The summed E-state index contributed by atoms with van der Waals surface area (Å²) in [4.78, 5) is 0. The molecule has 2 aromatic carbocycles. The zero-order valence-electron chi connectivity index (χ0n) is 9.08. The third kappa shape index (κ3) is 2.70. The van der Waals surface area contributed by atoms with Gasteiger partial charge in [0.15, 0.2) is 6.21 Å². The molecule has 0 unspecified atom stereocenters. The lowest BCUT2D eigenvalue weighted by Crippen LogP contribution is -1.98. The molecule has 0 radical (unpaired) electrons. The van der Waals surface area contributed by atoms with Crippen molar-refractivity contribution in [1.29, 1.82) is 5.26 Å². The monoisotopic (exact) mass is 222 g/mol. The molecule has 2 rings (SSSR count). The van der Waals surface area contributed by atoms with Crippen LogP contribution in [0.1, 0.15) is 11.1 Å². The first kappa shape index (κ1) is 10.9. The van der Waals surface area contributed by atoms with Crippen molar-refractivity contribution in [3.05, 3.63) is 70.9 Å². The minimum Gasteiger partial charge on any atom is -0.618 e. The molecule has 0 atom stereocenters. The zero-order valence-corrected chi connectivity index (χ0v) is 9.08. The van der Waals surface area contributed by atoms with Crippen molar-refractivity contribution in [3.8, 4) is 6.07 Å². The number of hydrogen-bond acceptors (Lipinski definition) is 2. The van der Waals surface area contributed by atoms with Gasteiger partial charge in [-0.25, -0.2) is 0 Å². The van der Waals surface area contributed by atoms with Crippen molar-refractivity contribution in [1.82, 2.24) is 0 Å². The topological polar surface area (TPSA) is 49.9 Å². The Labute approximate surface area is 99.5 Å². The molecule has 0 amide bonds. The molecule has 82 valence electrons. The highest BCUT2D eigenvalue weighted by molar-refractivity contribution is 5.76. The van der Waals surface area contributed by atoms with Gasteiger partial charge in [0, 0.05) is 17.7 Å². The Bertz CT molecular complexity index is 565. The van der Waals surface area contributed by atoms with Crippen LogP contribution in [0.3, 0.4) is 0 Å². The molecule has 3 nitrogen and oxygen atoms in total. The number of nitrogens with zero attached hydrogens (tertiary/aromatic N) is 2. The van der Waals surface area contributed by atoms with Crippen LogP contribution in [-0.2, 0) is 0 Å². The number of hydrogen-bond donors (Lipinski definition) is 0. The van der Waals surface area contributed by atoms with Crippen LogP contribution in [-0.4, -0.2) is 11.0 Å². The van der Waals surface area contributed by atoms with E-state index in [0.29, 0.717) is 11.3 Å². The van der Waals surface area contributed by atoms with E-state index in [1.54, 1.807) is 24.3 Å². The van der Waals surface area contributed by atoms with Crippen LogP contribution in [0.4, 0.5) is 5.69 Å². The molecule has 3 heteroatoms. The predicted molar refractivity (Wildman–Crippen MR) is 66.1 cm³/mol. The lowest BCUT2D eigenvalue weighted by atomic mass is 10.2. The molecule has 0 fully saturated rings. The fourth-order valence-corrected chi connectivity index (χ4v) is 1.43. The Morgan fingerprint density at radius 3 is 2.24 bits per heavy atom. The Balaban J connectivity index is 2.28. The molecule has 0 aliphatic carbocycles. The van der Waals surface area contributed by atoms with Gasteiger partial charge in [-0.2, -0.15) is 10.0 Å². The summed E-state index contributed by atoms with van der Waals surface area (Å²) in [5.41, 5.74) is 1.89. The van der Waals surface area contributed by atoms with Gasteiger partial charge in [0.1, 0.15) is 0 Å². The summed E-state index contributed by atoms with van der Waals surface area (Å²) in [6, 6.07) is 17.9. The largest absolute Gasteiger partial charge is 0.618 e. The highest BCUT2D eigenvalue weighted by Crippen LogP contribution is 2.12. The van der Waals surface area contributed by atoms with E-state index in [1.807, 2.05) is 36.4 Å². The van der Waals surface area contributed by atoms with E-state index < -0.39 is 0 Å². The van der Waals surface area contributed by atoms with Crippen LogP contribution in [0.5, 0.6) is 0 Å². The third-order valence-corrected chi connectivity index (χ3v) is 2.32. The summed E-state index contributed by atoms with van der Waals surface area (Å²) in [5.74, 6) is 0. The molecule has 0 saturated carbocycles. The minimum atomic E-state index is 0.507. The van der Waals surface area contributed by atoms with E-state index in [0.717, 1.165) is 10.3 Å². The molecule has 0 heterocycles. The Morgan fingerprint density at radius 2 is 1.65 bits per heavy atom. The van der Waals surface area contributed by atoms with Crippen molar-refractivity contribution < 1.29 is 4.74 Å². The van der Waals surface area contributed by atoms with Gasteiger partial charge in [0.25, 0.3) is 0 Å². The Kier molecular flexibility index (Phi) is 3.18. The number of nitriles is 1. The van der Waals surface area contributed by atoms with Crippen LogP contribution in [0.15, 0.2) is 54.6 Å². The Hall–Kier alpha value is -2.60.